The molecule has 1 aromatic heterocycles. The Bertz CT molecular complexity index is 749. The first-order valence-corrected chi connectivity index (χ1v) is 11.0. The zero-order chi connectivity index (χ0) is 17.8. The molecule has 0 aliphatic carbocycles. The third-order valence-electron chi connectivity index (χ3n) is 4.49. The van der Waals surface area contributed by atoms with Crippen LogP contribution < -0.4 is 10.2 Å². The van der Waals surface area contributed by atoms with E-state index in [-0.39, 0.29) is 6.10 Å². The van der Waals surface area contributed by atoms with Crippen molar-refractivity contribution in [1.82, 2.24) is 4.98 Å². The van der Waals surface area contributed by atoms with Gasteiger partial charge in [0, 0.05) is 34.7 Å². The van der Waals surface area contributed by atoms with Crippen LogP contribution in [0.25, 0.3) is 11.3 Å². The van der Waals surface area contributed by atoms with Gasteiger partial charge in [0.2, 0.25) is 5.75 Å². The van der Waals surface area contributed by atoms with E-state index in [2.05, 4.69) is 41.9 Å². The topological polar surface area (TPSA) is 52.6 Å². The number of aromatic nitrogens is 1. The number of hydrogen-bond acceptors (Lipinski definition) is 7. The fourth-order valence-corrected chi connectivity index (χ4v) is 4.20. The molecule has 2 aliphatic rings. The minimum absolute atomic E-state index is 0.195. The molecule has 26 heavy (non-hydrogen) atoms. The first-order valence-electron chi connectivity index (χ1n) is 8.83. The van der Waals surface area contributed by atoms with Gasteiger partial charge in [-0.3, -0.25) is 0 Å². The molecule has 4 rings (SSSR count). The van der Waals surface area contributed by atoms with E-state index in [0.717, 1.165) is 41.2 Å². The maximum atomic E-state index is 5.74. The van der Waals surface area contributed by atoms with Crippen molar-refractivity contribution >= 4 is 29.6 Å². The summed E-state index contributed by atoms with van der Waals surface area (Å²) < 4.78 is 5.74. The Morgan fingerprint density at radius 3 is 2.96 bits per heavy atom. The minimum atomic E-state index is 0.195. The summed E-state index contributed by atoms with van der Waals surface area (Å²) in [5.74, 6) is 2.50. The molecule has 1 unspecified atom stereocenters. The van der Waals surface area contributed by atoms with Gasteiger partial charge in [-0.2, -0.15) is 4.89 Å². The van der Waals surface area contributed by atoms with E-state index in [1.165, 1.54) is 11.3 Å². The van der Waals surface area contributed by atoms with Gasteiger partial charge in [-0.05, 0) is 49.3 Å². The van der Waals surface area contributed by atoms with Gasteiger partial charge < -0.3 is 14.4 Å². The molecular weight excluding hydrogens is 368 g/mol. The highest BCUT2D eigenvalue weighted by atomic mass is 32.2. The van der Waals surface area contributed by atoms with Gasteiger partial charge in [-0.1, -0.05) is 12.1 Å². The Morgan fingerprint density at radius 1 is 1.31 bits per heavy atom. The molecule has 3 heterocycles. The van der Waals surface area contributed by atoms with E-state index in [4.69, 9.17) is 18.9 Å². The lowest BCUT2D eigenvalue weighted by Crippen LogP contribution is -2.25. The molecule has 5 nitrogen and oxygen atoms in total. The second-order valence-electron chi connectivity index (χ2n) is 6.29. The van der Waals surface area contributed by atoms with E-state index in [0.29, 0.717) is 18.9 Å². The Kier molecular flexibility index (Phi) is 5.89. The molecule has 0 spiro atoms. The van der Waals surface area contributed by atoms with Crippen LogP contribution in [-0.4, -0.2) is 36.2 Å². The summed E-state index contributed by atoms with van der Waals surface area (Å²) in [6.45, 7) is 1.27. The van der Waals surface area contributed by atoms with Crippen LogP contribution in [0.1, 0.15) is 18.4 Å². The molecule has 0 bridgehead atoms. The molecule has 0 radical (unpaired) electrons. The standard InChI is InChI=1S/C19H22N2O3S2/c1-25-16-6-4-13(5-7-16)17-11-14-8-9-22-23-18(14)19(21-17)20-12-15-3-2-10-26-24-15/h4-7,11,15H,2-3,8-10,12H2,1H3,(H,20,21). The van der Waals surface area contributed by atoms with Crippen molar-refractivity contribution in [1.29, 1.82) is 0 Å². The molecule has 1 saturated heterocycles. The maximum absolute atomic E-state index is 5.74. The zero-order valence-corrected chi connectivity index (χ0v) is 16.3. The lowest BCUT2D eigenvalue weighted by atomic mass is 10.1. The van der Waals surface area contributed by atoms with E-state index in [1.807, 2.05) is 0 Å². The fraction of sp³-hybridized carbons (Fsp3) is 0.421. The number of fused-ring (bicyclic) bond motifs is 1. The summed E-state index contributed by atoms with van der Waals surface area (Å²) in [5.41, 5.74) is 3.17. The van der Waals surface area contributed by atoms with Gasteiger partial charge >= 0.3 is 0 Å². The van der Waals surface area contributed by atoms with Crippen molar-refractivity contribution in [2.75, 3.05) is 30.5 Å². The SMILES string of the molecule is CSc1ccc(-c2cc3c(c(NCC4CCCSO4)n2)OOCC3)cc1. The highest BCUT2D eigenvalue weighted by Gasteiger charge is 2.22. The predicted octanol–water partition coefficient (Wildman–Crippen LogP) is 4.58. The molecule has 2 aliphatic heterocycles. The molecule has 1 N–H and O–H groups in total. The average molecular weight is 391 g/mol. The molecule has 138 valence electrons. The number of nitrogens with zero attached hydrogens (tertiary/aromatic N) is 1. The van der Waals surface area contributed by atoms with E-state index in [9.17, 15) is 0 Å². The number of thioether (sulfide) groups is 1. The van der Waals surface area contributed by atoms with Crippen LogP contribution in [0.4, 0.5) is 5.82 Å². The Morgan fingerprint density at radius 2 is 2.19 bits per heavy atom. The van der Waals surface area contributed by atoms with Crippen LogP contribution in [-0.2, 0) is 15.5 Å². The van der Waals surface area contributed by atoms with Gasteiger partial charge in [0.25, 0.3) is 0 Å². The molecule has 1 fully saturated rings. The number of hydrogen-bond donors (Lipinski definition) is 1. The Labute approximate surface area is 162 Å². The summed E-state index contributed by atoms with van der Waals surface area (Å²) in [6.07, 6.45) is 5.34. The maximum Gasteiger partial charge on any atom is 0.210 e. The highest BCUT2D eigenvalue weighted by Crippen LogP contribution is 2.35. The number of rotatable bonds is 5. The molecule has 7 heteroatoms. The summed E-state index contributed by atoms with van der Waals surface area (Å²) in [5, 5.41) is 3.42. The van der Waals surface area contributed by atoms with Gasteiger partial charge in [-0.15, -0.1) is 11.8 Å². The number of pyridine rings is 1. The molecular formula is C19H22N2O3S2. The van der Waals surface area contributed by atoms with Crippen LogP contribution in [0.2, 0.25) is 0 Å². The molecule has 2 aromatic rings. The van der Waals surface area contributed by atoms with Crippen molar-refractivity contribution in [2.24, 2.45) is 0 Å². The zero-order valence-electron chi connectivity index (χ0n) is 14.7. The van der Waals surface area contributed by atoms with E-state index in [1.54, 1.807) is 23.8 Å². The first kappa shape index (κ1) is 18.0. The fourth-order valence-electron chi connectivity index (χ4n) is 3.06. The van der Waals surface area contributed by atoms with Crippen LogP contribution in [0, 0.1) is 0 Å². The van der Waals surface area contributed by atoms with Crippen LogP contribution >= 0.6 is 23.8 Å². The normalized spacial score (nSPS) is 19.5. The summed E-state index contributed by atoms with van der Waals surface area (Å²) in [6, 6.07) is 10.6. The third-order valence-corrected chi connectivity index (χ3v) is 6.09. The summed E-state index contributed by atoms with van der Waals surface area (Å²) in [4.78, 5) is 16.7. The second kappa shape index (κ2) is 8.52. The lowest BCUT2D eigenvalue weighted by Gasteiger charge is -2.24. The van der Waals surface area contributed by atoms with Gasteiger partial charge in [0.1, 0.15) is 0 Å². The van der Waals surface area contributed by atoms with Gasteiger partial charge in [0.05, 0.1) is 18.4 Å². The number of anilines is 1. The van der Waals surface area contributed by atoms with Gasteiger partial charge in [0.15, 0.2) is 5.82 Å². The van der Waals surface area contributed by atoms with Crippen LogP contribution in [0.5, 0.6) is 5.75 Å². The van der Waals surface area contributed by atoms with Crippen molar-refractivity contribution in [3.05, 3.63) is 35.9 Å². The van der Waals surface area contributed by atoms with E-state index < -0.39 is 0 Å². The largest absolute Gasteiger partial charge is 0.364 e. The molecule has 1 atom stereocenters. The van der Waals surface area contributed by atoms with Crippen molar-refractivity contribution in [3.63, 3.8) is 0 Å². The van der Waals surface area contributed by atoms with Crippen molar-refractivity contribution < 1.29 is 14.0 Å². The van der Waals surface area contributed by atoms with Crippen LogP contribution in [0.15, 0.2) is 35.2 Å². The smallest absolute Gasteiger partial charge is 0.210 e. The van der Waals surface area contributed by atoms with Crippen LogP contribution in [0.3, 0.4) is 0 Å². The summed E-state index contributed by atoms with van der Waals surface area (Å²) >= 11 is 3.29. The minimum Gasteiger partial charge on any atom is -0.364 e. The quantitative estimate of drug-likeness (QED) is 0.456. The van der Waals surface area contributed by atoms with Gasteiger partial charge in [-0.25, -0.2) is 4.98 Å². The Hall–Kier alpha value is -1.41. The number of nitrogens with one attached hydrogen (secondary N) is 1. The average Bonchev–Trinajstić information content (AvgIpc) is 2.72. The van der Waals surface area contributed by atoms with Crippen molar-refractivity contribution in [2.45, 2.75) is 30.3 Å². The van der Waals surface area contributed by atoms with Crippen molar-refractivity contribution in [3.8, 4) is 17.0 Å². The highest BCUT2D eigenvalue weighted by molar-refractivity contribution is 7.98. The van der Waals surface area contributed by atoms with E-state index >= 15 is 0 Å². The number of benzene rings is 1. The predicted molar refractivity (Wildman–Crippen MR) is 107 cm³/mol. The first-order chi connectivity index (χ1) is 12.8. The molecule has 0 saturated carbocycles. The lowest BCUT2D eigenvalue weighted by molar-refractivity contribution is -0.214. The monoisotopic (exact) mass is 390 g/mol. The molecule has 1 aromatic carbocycles. The Balaban J connectivity index is 1.60. The molecule has 0 amide bonds. The third kappa shape index (κ3) is 4.11. The second-order valence-corrected chi connectivity index (χ2v) is 8.01. The summed E-state index contributed by atoms with van der Waals surface area (Å²) in [7, 11) is 0.